The van der Waals surface area contributed by atoms with Crippen molar-refractivity contribution in [3.63, 3.8) is 0 Å². The van der Waals surface area contributed by atoms with E-state index in [1.165, 1.54) is 7.05 Å². The number of carbonyl (C=O) groups excluding carboxylic acids is 3. The minimum atomic E-state index is -0.423. The van der Waals surface area contributed by atoms with Gasteiger partial charge < -0.3 is 20.9 Å². The van der Waals surface area contributed by atoms with Crippen molar-refractivity contribution in [2.75, 3.05) is 29.1 Å². The molecule has 7 nitrogen and oxygen atoms in total. The second-order valence-electron chi connectivity index (χ2n) is 6.66. The van der Waals surface area contributed by atoms with E-state index in [-0.39, 0.29) is 24.3 Å². The predicted octanol–water partition coefficient (Wildman–Crippen LogP) is 2.99. The summed E-state index contributed by atoms with van der Waals surface area (Å²) in [7, 11) is 1.53. The summed E-state index contributed by atoms with van der Waals surface area (Å²) < 4.78 is 0. The van der Waals surface area contributed by atoms with Gasteiger partial charge in [0, 0.05) is 37.1 Å². The van der Waals surface area contributed by atoms with Crippen LogP contribution < -0.4 is 20.9 Å². The van der Waals surface area contributed by atoms with Crippen molar-refractivity contribution in [2.24, 2.45) is 5.92 Å². The molecule has 146 valence electrons. The van der Waals surface area contributed by atoms with E-state index in [1.54, 1.807) is 29.2 Å². The smallest absolute Gasteiger partial charge is 0.318 e. The average Bonchev–Trinajstić information content (AvgIpc) is 3.09. The zero-order valence-corrected chi connectivity index (χ0v) is 16.0. The first-order valence-corrected chi connectivity index (χ1v) is 9.29. The Hall–Kier alpha value is -3.35. The van der Waals surface area contributed by atoms with Crippen LogP contribution in [0.2, 0.25) is 0 Å². The van der Waals surface area contributed by atoms with Crippen molar-refractivity contribution in [2.45, 2.75) is 19.8 Å². The Morgan fingerprint density at radius 1 is 1.07 bits per heavy atom. The minimum absolute atomic E-state index is 0.0453. The molecule has 1 aliphatic rings. The molecule has 0 saturated carbocycles. The summed E-state index contributed by atoms with van der Waals surface area (Å²) in [5, 5.41) is 7.98. The van der Waals surface area contributed by atoms with Crippen molar-refractivity contribution in [3.05, 3.63) is 54.1 Å². The second-order valence-corrected chi connectivity index (χ2v) is 6.66. The molecule has 1 atom stereocenters. The summed E-state index contributed by atoms with van der Waals surface area (Å²) in [6.07, 6.45) is 1.00. The minimum Gasteiger partial charge on any atom is -0.341 e. The number of amides is 4. The van der Waals surface area contributed by atoms with E-state index in [0.29, 0.717) is 17.9 Å². The molecule has 0 aliphatic carbocycles. The van der Waals surface area contributed by atoms with E-state index >= 15 is 0 Å². The van der Waals surface area contributed by atoms with Gasteiger partial charge in [-0.3, -0.25) is 9.59 Å². The number of urea groups is 1. The fraction of sp³-hybridized carbons (Fsp3) is 0.286. The Bertz CT molecular complexity index is 897. The van der Waals surface area contributed by atoms with Crippen LogP contribution in [0, 0.1) is 5.92 Å². The van der Waals surface area contributed by atoms with Gasteiger partial charge in [0.05, 0.1) is 5.92 Å². The lowest BCUT2D eigenvalue weighted by Gasteiger charge is -2.20. The van der Waals surface area contributed by atoms with E-state index < -0.39 is 5.92 Å². The molecule has 1 fully saturated rings. The fourth-order valence-electron chi connectivity index (χ4n) is 3.30. The third-order valence-corrected chi connectivity index (χ3v) is 4.77. The van der Waals surface area contributed by atoms with Crippen LogP contribution in [0.1, 0.15) is 18.9 Å². The SMILES string of the molecule is CCc1ccccc1N1CC(C(=O)Nc2cccc(NC(=O)NC)c2)CC1=O. The quantitative estimate of drug-likeness (QED) is 0.745. The van der Waals surface area contributed by atoms with Gasteiger partial charge in [0.1, 0.15) is 0 Å². The van der Waals surface area contributed by atoms with E-state index in [2.05, 4.69) is 16.0 Å². The van der Waals surface area contributed by atoms with Crippen molar-refractivity contribution >= 4 is 34.9 Å². The molecule has 28 heavy (non-hydrogen) atoms. The summed E-state index contributed by atoms with van der Waals surface area (Å²) in [6.45, 7) is 2.40. The molecule has 0 aromatic heterocycles. The van der Waals surface area contributed by atoms with Gasteiger partial charge in [-0.15, -0.1) is 0 Å². The fourth-order valence-corrected chi connectivity index (χ4v) is 3.30. The Balaban J connectivity index is 1.68. The molecule has 1 saturated heterocycles. The molecule has 0 radical (unpaired) electrons. The first kappa shape index (κ1) is 19.4. The Kier molecular flexibility index (Phi) is 5.93. The number of anilines is 3. The van der Waals surface area contributed by atoms with E-state index in [0.717, 1.165) is 17.7 Å². The highest BCUT2D eigenvalue weighted by Crippen LogP contribution is 2.29. The van der Waals surface area contributed by atoms with Crippen molar-refractivity contribution in [3.8, 4) is 0 Å². The topological polar surface area (TPSA) is 90.5 Å². The van der Waals surface area contributed by atoms with Gasteiger partial charge in [-0.05, 0) is 36.2 Å². The van der Waals surface area contributed by atoms with Crippen LogP contribution in [-0.4, -0.2) is 31.4 Å². The summed E-state index contributed by atoms with van der Waals surface area (Å²) >= 11 is 0. The van der Waals surface area contributed by atoms with E-state index in [9.17, 15) is 14.4 Å². The molecule has 1 heterocycles. The first-order chi connectivity index (χ1) is 13.5. The number of rotatable bonds is 5. The maximum absolute atomic E-state index is 12.7. The number of aryl methyl sites for hydroxylation is 1. The summed E-state index contributed by atoms with van der Waals surface area (Å²) in [4.78, 5) is 38.3. The molecule has 0 bridgehead atoms. The van der Waals surface area contributed by atoms with Crippen LogP contribution in [-0.2, 0) is 16.0 Å². The summed E-state index contributed by atoms with van der Waals surface area (Å²) in [6, 6.07) is 14.3. The lowest BCUT2D eigenvalue weighted by atomic mass is 10.1. The van der Waals surface area contributed by atoms with Crippen LogP contribution in [0.3, 0.4) is 0 Å². The number of nitrogens with one attached hydrogen (secondary N) is 3. The third kappa shape index (κ3) is 4.31. The van der Waals surface area contributed by atoms with Gasteiger partial charge >= 0.3 is 6.03 Å². The summed E-state index contributed by atoms with van der Waals surface area (Å²) in [5.74, 6) is -0.675. The van der Waals surface area contributed by atoms with Crippen molar-refractivity contribution in [1.82, 2.24) is 5.32 Å². The number of benzene rings is 2. The highest BCUT2D eigenvalue weighted by molar-refractivity contribution is 6.04. The van der Waals surface area contributed by atoms with Crippen LogP contribution in [0.25, 0.3) is 0 Å². The maximum Gasteiger partial charge on any atom is 0.318 e. The van der Waals surface area contributed by atoms with Crippen LogP contribution in [0.5, 0.6) is 0 Å². The molecular weight excluding hydrogens is 356 g/mol. The predicted molar refractivity (Wildman–Crippen MR) is 109 cm³/mol. The molecule has 4 amide bonds. The second kappa shape index (κ2) is 8.56. The van der Waals surface area contributed by atoms with Crippen molar-refractivity contribution in [1.29, 1.82) is 0 Å². The van der Waals surface area contributed by atoms with Gasteiger partial charge in [0.15, 0.2) is 0 Å². The molecule has 3 N–H and O–H groups in total. The first-order valence-electron chi connectivity index (χ1n) is 9.29. The van der Waals surface area contributed by atoms with Gasteiger partial charge in [0.25, 0.3) is 0 Å². The van der Waals surface area contributed by atoms with Gasteiger partial charge in [0.2, 0.25) is 11.8 Å². The zero-order valence-electron chi connectivity index (χ0n) is 16.0. The van der Waals surface area contributed by atoms with Crippen LogP contribution in [0.15, 0.2) is 48.5 Å². The molecule has 2 aromatic carbocycles. The molecular formula is C21H24N4O3. The maximum atomic E-state index is 12.7. The summed E-state index contributed by atoms with van der Waals surface area (Å²) in [5.41, 5.74) is 3.10. The molecule has 3 rings (SSSR count). The zero-order chi connectivity index (χ0) is 20.1. The number of hydrogen-bond donors (Lipinski definition) is 3. The molecule has 0 spiro atoms. The van der Waals surface area contributed by atoms with Gasteiger partial charge in [-0.25, -0.2) is 4.79 Å². The monoisotopic (exact) mass is 380 g/mol. The Labute approximate surface area is 164 Å². The molecule has 7 heteroatoms. The largest absolute Gasteiger partial charge is 0.341 e. The lowest BCUT2D eigenvalue weighted by Crippen LogP contribution is -2.28. The van der Waals surface area contributed by atoms with Crippen molar-refractivity contribution < 1.29 is 14.4 Å². The molecule has 1 aliphatic heterocycles. The van der Waals surface area contributed by atoms with Crippen LogP contribution in [0.4, 0.5) is 21.9 Å². The Morgan fingerprint density at radius 2 is 1.79 bits per heavy atom. The third-order valence-electron chi connectivity index (χ3n) is 4.77. The Morgan fingerprint density at radius 3 is 2.50 bits per heavy atom. The highest BCUT2D eigenvalue weighted by atomic mass is 16.2. The number of hydrogen-bond acceptors (Lipinski definition) is 3. The van der Waals surface area contributed by atoms with Gasteiger partial charge in [-0.1, -0.05) is 31.2 Å². The van der Waals surface area contributed by atoms with E-state index in [1.807, 2.05) is 31.2 Å². The highest BCUT2D eigenvalue weighted by Gasteiger charge is 2.35. The molecule has 1 unspecified atom stereocenters. The lowest BCUT2D eigenvalue weighted by molar-refractivity contribution is -0.122. The number of para-hydroxylation sites is 1. The normalized spacial score (nSPS) is 16.0. The molecule has 2 aromatic rings. The standard InChI is InChI=1S/C21H24N4O3/c1-3-14-7-4-5-10-18(14)25-13-15(11-19(25)26)20(27)23-16-8-6-9-17(12-16)24-21(28)22-2/h4-10,12,15H,3,11,13H2,1-2H3,(H,23,27)(H2,22,24,28). The van der Waals surface area contributed by atoms with Crippen LogP contribution >= 0.6 is 0 Å². The number of nitrogens with zero attached hydrogens (tertiary/aromatic N) is 1. The van der Waals surface area contributed by atoms with Gasteiger partial charge in [-0.2, -0.15) is 0 Å². The number of carbonyl (C=O) groups is 3. The van der Waals surface area contributed by atoms with E-state index in [4.69, 9.17) is 0 Å². The average molecular weight is 380 g/mol.